The second-order valence-electron chi connectivity index (χ2n) is 6.19. The average molecular weight is 285 g/mol. The molecule has 1 aromatic heterocycles. The lowest BCUT2D eigenvalue weighted by Gasteiger charge is -2.44. The molecule has 1 fully saturated rings. The molecule has 2 N–H and O–H groups in total. The summed E-state index contributed by atoms with van der Waals surface area (Å²) in [5.74, 6) is 0. The Morgan fingerprint density at radius 3 is 2.76 bits per heavy atom. The van der Waals surface area contributed by atoms with Gasteiger partial charge in [-0.05, 0) is 31.5 Å². The number of hydrogen-bond acceptors (Lipinski definition) is 4. The second kappa shape index (κ2) is 5.72. The number of benzene rings is 1. The van der Waals surface area contributed by atoms with Crippen molar-refractivity contribution in [3.05, 3.63) is 42.1 Å². The summed E-state index contributed by atoms with van der Waals surface area (Å²) in [7, 11) is 0. The number of hydrogen-bond donors (Lipinski definition) is 1. The number of ether oxygens (including phenoxy) is 1. The van der Waals surface area contributed by atoms with Crippen molar-refractivity contribution in [1.82, 2.24) is 9.88 Å². The molecule has 0 bridgehead atoms. The molecule has 2 aromatic rings. The van der Waals surface area contributed by atoms with Gasteiger partial charge in [-0.3, -0.25) is 9.88 Å². The van der Waals surface area contributed by atoms with Crippen LogP contribution in [0.4, 0.5) is 0 Å². The zero-order valence-corrected chi connectivity index (χ0v) is 12.7. The highest BCUT2D eigenvalue weighted by atomic mass is 16.5. The summed E-state index contributed by atoms with van der Waals surface area (Å²) in [4.78, 5) is 6.85. The van der Waals surface area contributed by atoms with Crippen molar-refractivity contribution < 1.29 is 4.74 Å². The maximum atomic E-state index is 6.58. The smallest absolute Gasteiger partial charge is 0.0705 e. The molecule has 4 nitrogen and oxygen atoms in total. The van der Waals surface area contributed by atoms with Gasteiger partial charge in [0, 0.05) is 36.3 Å². The zero-order valence-electron chi connectivity index (χ0n) is 12.7. The van der Waals surface area contributed by atoms with Crippen LogP contribution in [0.1, 0.15) is 25.5 Å². The number of nitrogens with two attached hydrogens (primary N) is 1. The molecule has 0 amide bonds. The molecule has 1 atom stereocenters. The summed E-state index contributed by atoms with van der Waals surface area (Å²) in [6.07, 6.45) is 1.82. The van der Waals surface area contributed by atoms with E-state index in [4.69, 9.17) is 10.5 Å². The molecule has 112 valence electrons. The summed E-state index contributed by atoms with van der Waals surface area (Å²) in [5, 5.41) is 1.15. The Kier molecular flexibility index (Phi) is 3.93. The van der Waals surface area contributed by atoms with Crippen LogP contribution >= 0.6 is 0 Å². The number of morpholine rings is 1. The fourth-order valence-corrected chi connectivity index (χ4v) is 3.02. The van der Waals surface area contributed by atoms with Crippen LogP contribution in [0, 0.1) is 0 Å². The van der Waals surface area contributed by atoms with E-state index in [1.807, 2.05) is 12.3 Å². The summed E-state index contributed by atoms with van der Waals surface area (Å²) < 4.78 is 5.45. The van der Waals surface area contributed by atoms with Gasteiger partial charge in [0.1, 0.15) is 0 Å². The van der Waals surface area contributed by atoms with Gasteiger partial charge >= 0.3 is 0 Å². The predicted octanol–water partition coefficient (Wildman–Crippen LogP) is 2.35. The van der Waals surface area contributed by atoms with E-state index >= 15 is 0 Å². The van der Waals surface area contributed by atoms with E-state index in [1.54, 1.807) is 0 Å². The van der Waals surface area contributed by atoms with Crippen LogP contribution in [0.25, 0.3) is 10.9 Å². The van der Waals surface area contributed by atoms with Gasteiger partial charge < -0.3 is 10.5 Å². The topological polar surface area (TPSA) is 51.4 Å². The minimum Gasteiger partial charge on any atom is -0.379 e. The Bertz CT molecular complexity index is 620. The first-order valence-electron chi connectivity index (χ1n) is 7.52. The molecule has 1 unspecified atom stereocenters. The normalized spacial score (nSPS) is 18.8. The molecular formula is C17H23N3O. The van der Waals surface area contributed by atoms with E-state index in [1.165, 1.54) is 0 Å². The SMILES string of the molecule is CC(C)(C(N)c1ccc2cccnc2c1)N1CCOCC1. The Balaban J connectivity index is 1.89. The Morgan fingerprint density at radius 2 is 2.00 bits per heavy atom. The first-order chi connectivity index (χ1) is 10.1. The minimum atomic E-state index is -0.105. The van der Waals surface area contributed by atoms with Crippen molar-refractivity contribution >= 4 is 10.9 Å². The van der Waals surface area contributed by atoms with E-state index in [0.717, 1.165) is 42.8 Å². The van der Waals surface area contributed by atoms with Crippen molar-refractivity contribution in [2.24, 2.45) is 5.73 Å². The highest BCUT2D eigenvalue weighted by molar-refractivity contribution is 5.79. The number of aromatic nitrogens is 1. The van der Waals surface area contributed by atoms with Crippen LogP contribution in [0.15, 0.2) is 36.5 Å². The lowest BCUT2D eigenvalue weighted by molar-refractivity contribution is -0.0190. The van der Waals surface area contributed by atoms with Crippen molar-refractivity contribution in [2.45, 2.75) is 25.4 Å². The van der Waals surface area contributed by atoms with E-state index < -0.39 is 0 Å². The maximum Gasteiger partial charge on any atom is 0.0705 e. The van der Waals surface area contributed by atoms with Gasteiger partial charge in [0.15, 0.2) is 0 Å². The van der Waals surface area contributed by atoms with Crippen LogP contribution in [0.2, 0.25) is 0 Å². The highest BCUT2D eigenvalue weighted by Gasteiger charge is 2.35. The van der Waals surface area contributed by atoms with Gasteiger partial charge in [-0.25, -0.2) is 0 Å². The lowest BCUT2D eigenvalue weighted by Crippen LogP contribution is -2.55. The van der Waals surface area contributed by atoms with Crippen LogP contribution in [-0.4, -0.2) is 41.7 Å². The fourth-order valence-electron chi connectivity index (χ4n) is 3.02. The molecule has 4 heteroatoms. The molecule has 21 heavy (non-hydrogen) atoms. The standard InChI is InChI=1S/C17H23N3O/c1-17(2,20-8-10-21-11-9-20)16(18)14-6-5-13-4-3-7-19-15(13)12-14/h3-7,12,16H,8-11,18H2,1-2H3. The third kappa shape index (κ3) is 2.79. The summed E-state index contributed by atoms with van der Waals surface area (Å²) >= 11 is 0. The molecule has 0 spiro atoms. The number of nitrogens with zero attached hydrogens (tertiary/aromatic N) is 2. The van der Waals surface area contributed by atoms with Crippen molar-refractivity contribution in [2.75, 3.05) is 26.3 Å². The molecule has 3 rings (SSSR count). The quantitative estimate of drug-likeness (QED) is 0.940. The maximum absolute atomic E-state index is 6.58. The zero-order chi connectivity index (χ0) is 14.9. The average Bonchev–Trinajstić information content (AvgIpc) is 2.54. The first-order valence-corrected chi connectivity index (χ1v) is 7.52. The van der Waals surface area contributed by atoms with Crippen molar-refractivity contribution in [1.29, 1.82) is 0 Å². The Labute approximate surface area is 125 Å². The molecule has 1 aliphatic rings. The molecule has 1 aromatic carbocycles. The monoisotopic (exact) mass is 285 g/mol. The van der Waals surface area contributed by atoms with E-state index in [0.29, 0.717) is 0 Å². The van der Waals surface area contributed by atoms with E-state index in [-0.39, 0.29) is 11.6 Å². The third-order valence-corrected chi connectivity index (χ3v) is 4.58. The molecular weight excluding hydrogens is 262 g/mol. The van der Waals surface area contributed by atoms with Gasteiger partial charge in [-0.2, -0.15) is 0 Å². The Morgan fingerprint density at radius 1 is 1.24 bits per heavy atom. The summed E-state index contributed by atoms with van der Waals surface area (Å²) in [6, 6.07) is 10.3. The van der Waals surface area contributed by atoms with Gasteiger partial charge in [0.05, 0.1) is 18.7 Å². The van der Waals surface area contributed by atoms with Crippen molar-refractivity contribution in [3.8, 4) is 0 Å². The van der Waals surface area contributed by atoms with Crippen LogP contribution in [0.5, 0.6) is 0 Å². The van der Waals surface area contributed by atoms with Gasteiger partial charge in [-0.1, -0.05) is 18.2 Å². The largest absolute Gasteiger partial charge is 0.379 e. The second-order valence-corrected chi connectivity index (χ2v) is 6.19. The number of rotatable bonds is 3. The first kappa shape index (κ1) is 14.4. The van der Waals surface area contributed by atoms with Gasteiger partial charge in [0.25, 0.3) is 0 Å². The summed E-state index contributed by atoms with van der Waals surface area (Å²) in [6.45, 7) is 7.88. The highest BCUT2D eigenvalue weighted by Crippen LogP contribution is 2.30. The summed E-state index contributed by atoms with van der Waals surface area (Å²) in [5.41, 5.74) is 8.62. The number of fused-ring (bicyclic) bond motifs is 1. The minimum absolute atomic E-state index is 0.0537. The van der Waals surface area contributed by atoms with Gasteiger partial charge in [0.2, 0.25) is 0 Å². The van der Waals surface area contributed by atoms with Crippen LogP contribution < -0.4 is 5.73 Å². The van der Waals surface area contributed by atoms with E-state index in [9.17, 15) is 0 Å². The van der Waals surface area contributed by atoms with Crippen molar-refractivity contribution in [3.63, 3.8) is 0 Å². The van der Waals surface area contributed by atoms with Gasteiger partial charge in [-0.15, -0.1) is 0 Å². The van der Waals surface area contributed by atoms with E-state index in [2.05, 4.69) is 48.0 Å². The fraction of sp³-hybridized carbons (Fsp3) is 0.471. The molecule has 1 saturated heterocycles. The predicted molar refractivity (Wildman–Crippen MR) is 85.1 cm³/mol. The van der Waals surface area contributed by atoms with Crippen LogP contribution in [-0.2, 0) is 4.74 Å². The molecule has 0 radical (unpaired) electrons. The molecule has 0 aliphatic carbocycles. The molecule has 2 heterocycles. The number of pyridine rings is 1. The third-order valence-electron chi connectivity index (χ3n) is 4.58. The Hall–Kier alpha value is -1.49. The molecule has 1 aliphatic heterocycles. The lowest BCUT2D eigenvalue weighted by atomic mass is 9.87. The molecule has 0 saturated carbocycles. The van der Waals surface area contributed by atoms with Crippen LogP contribution in [0.3, 0.4) is 0 Å².